The number of carbonyl (C=O) groups excluding carboxylic acids is 1. The molecule has 2 rings (SSSR count). The van der Waals surface area contributed by atoms with Crippen molar-refractivity contribution in [2.24, 2.45) is 0 Å². The lowest BCUT2D eigenvalue weighted by Crippen LogP contribution is -2.15. The Kier molecular flexibility index (Phi) is 4.33. The molecule has 0 fully saturated rings. The van der Waals surface area contributed by atoms with E-state index in [1.54, 1.807) is 6.20 Å². The van der Waals surface area contributed by atoms with Gasteiger partial charge in [0.2, 0.25) is 0 Å². The van der Waals surface area contributed by atoms with Gasteiger partial charge in [-0.2, -0.15) is 0 Å². The fourth-order valence-corrected chi connectivity index (χ4v) is 1.37. The van der Waals surface area contributed by atoms with Crippen molar-refractivity contribution < 1.29 is 4.79 Å². The number of carbonyl (C=O) groups is 1. The third kappa shape index (κ3) is 3.70. The molecule has 0 bridgehead atoms. The summed E-state index contributed by atoms with van der Waals surface area (Å²) in [5, 5.41) is 5.72. The second-order valence-corrected chi connectivity index (χ2v) is 3.80. The minimum absolute atomic E-state index is 0.241. The first-order chi connectivity index (χ1) is 9.29. The van der Waals surface area contributed by atoms with E-state index in [1.807, 2.05) is 6.92 Å². The number of nitrogens with zero attached hydrogens (tertiary/aromatic N) is 4. The third-order valence-electron chi connectivity index (χ3n) is 2.24. The van der Waals surface area contributed by atoms with E-state index in [2.05, 4.69) is 30.6 Å². The van der Waals surface area contributed by atoms with Crippen LogP contribution in [0, 0.1) is 0 Å². The third-order valence-corrected chi connectivity index (χ3v) is 2.24. The van der Waals surface area contributed by atoms with Crippen LogP contribution in [0.5, 0.6) is 0 Å². The molecule has 19 heavy (non-hydrogen) atoms. The van der Waals surface area contributed by atoms with E-state index in [-0.39, 0.29) is 11.6 Å². The normalized spacial score (nSPS) is 9.95. The van der Waals surface area contributed by atoms with Gasteiger partial charge in [-0.05, 0) is 6.42 Å². The standard InChI is InChI=1S/C12H14N6O/c1-2-3-16-11-7-13-6-10(18-11)12(19)17-9-4-14-8-15-5-9/h4-8H,2-3H2,1H3,(H,16,18)(H,17,19). The van der Waals surface area contributed by atoms with E-state index >= 15 is 0 Å². The van der Waals surface area contributed by atoms with Gasteiger partial charge in [-0.3, -0.25) is 9.78 Å². The number of hydrogen-bond donors (Lipinski definition) is 2. The number of anilines is 2. The lowest BCUT2D eigenvalue weighted by molar-refractivity contribution is 0.102. The van der Waals surface area contributed by atoms with Crippen molar-refractivity contribution in [3.05, 3.63) is 36.8 Å². The zero-order chi connectivity index (χ0) is 13.5. The molecule has 0 aliphatic rings. The van der Waals surface area contributed by atoms with Crippen LogP contribution in [0.15, 0.2) is 31.1 Å². The molecular formula is C12H14N6O. The van der Waals surface area contributed by atoms with Crippen molar-refractivity contribution in [2.45, 2.75) is 13.3 Å². The summed E-state index contributed by atoms with van der Waals surface area (Å²) in [4.78, 5) is 27.7. The van der Waals surface area contributed by atoms with Crippen LogP contribution in [0.1, 0.15) is 23.8 Å². The fourth-order valence-electron chi connectivity index (χ4n) is 1.37. The topological polar surface area (TPSA) is 92.7 Å². The highest BCUT2D eigenvalue weighted by Crippen LogP contribution is 2.06. The quantitative estimate of drug-likeness (QED) is 0.840. The molecule has 0 radical (unpaired) electrons. The molecule has 0 unspecified atom stereocenters. The molecule has 0 aliphatic carbocycles. The van der Waals surface area contributed by atoms with Gasteiger partial charge in [0, 0.05) is 6.54 Å². The number of aromatic nitrogens is 4. The van der Waals surface area contributed by atoms with Crippen LogP contribution in [0.25, 0.3) is 0 Å². The maximum absolute atomic E-state index is 11.9. The van der Waals surface area contributed by atoms with E-state index in [4.69, 9.17) is 0 Å². The first-order valence-electron chi connectivity index (χ1n) is 5.92. The van der Waals surface area contributed by atoms with Crippen LogP contribution < -0.4 is 10.6 Å². The lowest BCUT2D eigenvalue weighted by atomic mass is 10.4. The summed E-state index contributed by atoms with van der Waals surface area (Å²) in [6, 6.07) is 0. The summed E-state index contributed by atoms with van der Waals surface area (Å²) >= 11 is 0. The van der Waals surface area contributed by atoms with Crippen LogP contribution in [0.2, 0.25) is 0 Å². The molecule has 2 heterocycles. The van der Waals surface area contributed by atoms with Crippen molar-refractivity contribution in [2.75, 3.05) is 17.2 Å². The highest BCUT2D eigenvalue weighted by atomic mass is 16.1. The molecule has 0 aromatic carbocycles. The van der Waals surface area contributed by atoms with Crippen LogP contribution in [-0.4, -0.2) is 32.4 Å². The van der Waals surface area contributed by atoms with Crippen molar-refractivity contribution in [3.63, 3.8) is 0 Å². The molecule has 0 saturated heterocycles. The van der Waals surface area contributed by atoms with Gasteiger partial charge in [-0.25, -0.2) is 15.0 Å². The summed E-state index contributed by atoms with van der Waals surface area (Å²) in [5.41, 5.74) is 0.756. The van der Waals surface area contributed by atoms with Gasteiger partial charge in [-0.15, -0.1) is 0 Å². The smallest absolute Gasteiger partial charge is 0.276 e. The van der Waals surface area contributed by atoms with Crippen molar-refractivity contribution in [1.82, 2.24) is 19.9 Å². The Hall–Kier alpha value is -2.57. The van der Waals surface area contributed by atoms with Crippen molar-refractivity contribution in [1.29, 1.82) is 0 Å². The molecule has 1 amide bonds. The first kappa shape index (κ1) is 12.9. The van der Waals surface area contributed by atoms with Gasteiger partial charge in [0.1, 0.15) is 17.8 Å². The summed E-state index contributed by atoms with van der Waals surface area (Å²) in [7, 11) is 0. The first-order valence-corrected chi connectivity index (χ1v) is 5.92. The SMILES string of the molecule is CCCNc1cncc(C(=O)Nc2cncnc2)n1. The van der Waals surface area contributed by atoms with Gasteiger partial charge in [0.05, 0.1) is 30.5 Å². The van der Waals surface area contributed by atoms with Crippen LogP contribution in [0.4, 0.5) is 11.5 Å². The Bertz CT molecular complexity index is 545. The summed E-state index contributed by atoms with van der Waals surface area (Å²) < 4.78 is 0. The zero-order valence-electron chi connectivity index (χ0n) is 10.5. The average Bonchev–Trinajstić information content (AvgIpc) is 2.46. The van der Waals surface area contributed by atoms with Crippen LogP contribution in [-0.2, 0) is 0 Å². The van der Waals surface area contributed by atoms with E-state index in [9.17, 15) is 4.79 Å². The van der Waals surface area contributed by atoms with Crippen molar-refractivity contribution >= 4 is 17.4 Å². The molecule has 98 valence electrons. The zero-order valence-corrected chi connectivity index (χ0v) is 10.5. The summed E-state index contributed by atoms with van der Waals surface area (Å²) in [6.07, 6.45) is 8.38. The van der Waals surface area contributed by atoms with Crippen molar-refractivity contribution in [3.8, 4) is 0 Å². The Balaban J connectivity index is 2.06. The molecule has 7 nitrogen and oxygen atoms in total. The predicted molar refractivity (Wildman–Crippen MR) is 70.8 cm³/mol. The highest BCUT2D eigenvalue weighted by Gasteiger charge is 2.09. The Morgan fingerprint density at radius 3 is 2.68 bits per heavy atom. The maximum atomic E-state index is 11.9. The Labute approximate surface area is 110 Å². The van der Waals surface area contributed by atoms with Gasteiger partial charge in [0.25, 0.3) is 5.91 Å². The number of hydrogen-bond acceptors (Lipinski definition) is 6. The second-order valence-electron chi connectivity index (χ2n) is 3.80. The molecular weight excluding hydrogens is 244 g/mol. The van der Waals surface area contributed by atoms with Crippen LogP contribution >= 0.6 is 0 Å². The minimum atomic E-state index is -0.345. The monoisotopic (exact) mass is 258 g/mol. The summed E-state index contributed by atoms with van der Waals surface area (Å²) in [6.45, 7) is 2.83. The average molecular weight is 258 g/mol. The highest BCUT2D eigenvalue weighted by molar-refractivity contribution is 6.02. The number of amides is 1. The molecule has 2 aromatic rings. The Morgan fingerprint density at radius 1 is 1.16 bits per heavy atom. The van der Waals surface area contributed by atoms with E-state index in [0.717, 1.165) is 13.0 Å². The van der Waals surface area contributed by atoms with Gasteiger partial charge >= 0.3 is 0 Å². The van der Waals surface area contributed by atoms with Gasteiger partial charge in [0.15, 0.2) is 0 Å². The molecule has 0 spiro atoms. The largest absolute Gasteiger partial charge is 0.369 e. The second kappa shape index (κ2) is 6.39. The molecule has 0 atom stereocenters. The number of rotatable bonds is 5. The van der Waals surface area contributed by atoms with Gasteiger partial charge < -0.3 is 10.6 Å². The minimum Gasteiger partial charge on any atom is -0.369 e. The molecule has 0 aliphatic heterocycles. The predicted octanol–water partition coefficient (Wildman–Crippen LogP) is 1.34. The van der Waals surface area contributed by atoms with E-state index < -0.39 is 0 Å². The Morgan fingerprint density at radius 2 is 1.95 bits per heavy atom. The van der Waals surface area contributed by atoms with Gasteiger partial charge in [-0.1, -0.05) is 6.92 Å². The summed E-state index contributed by atoms with van der Waals surface area (Å²) in [5.74, 6) is 0.237. The molecule has 2 N–H and O–H groups in total. The fraction of sp³-hybridized carbons (Fsp3) is 0.250. The lowest BCUT2D eigenvalue weighted by Gasteiger charge is -2.06. The molecule has 2 aromatic heterocycles. The number of nitrogens with one attached hydrogen (secondary N) is 2. The molecule has 7 heteroatoms. The van der Waals surface area contributed by atoms with Crippen LogP contribution in [0.3, 0.4) is 0 Å². The van der Waals surface area contributed by atoms with E-state index in [1.165, 1.54) is 24.9 Å². The van der Waals surface area contributed by atoms with E-state index in [0.29, 0.717) is 11.5 Å². The molecule has 0 saturated carbocycles. The maximum Gasteiger partial charge on any atom is 0.276 e.